The summed E-state index contributed by atoms with van der Waals surface area (Å²) in [5.74, 6) is -0.0569. The maximum absolute atomic E-state index is 12.0. The molecule has 0 atom stereocenters. The van der Waals surface area contributed by atoms with Crippen molar-refractivity contribution in [2.45, 2.75) is 40.7 Å². The molecule has 1 aromatic heterocycles. The third-order valence-electron chi connectivity index (χ3n) is 3.87. The van der Waals surface area contributed by atoms with Gasteiger partial charge < -0.3 is 5.32 Å². The second-order valence-electron chi connectivity index (χ2n) is 5.45. The average Bonchev–Trinajstić information content (AvgIpc) is 2.73. The first-order valence-electron chi connectivity index (χ1n) is 7.30. The number of aromatic nitrogens is 2. The van der Waals surface area contributed by atoms with Crippen LogP contribution in [0.4, 0.5) is 5.69 Å². The first-order chi connectivity index (χ1) is 10.4. The van der Waals surface area contributed by atoms with Crippen molar-refractivity contribution < 1.29 is 9.59 Å². The van der Waals surface area contributed by atoms with Gasteiger partial charge in [0.15, 0.2) is 5.78 Å². The number of hydrogen-bond donors (Lipinski definition) is 1. The lowest BCUT2D eigenvalue weighted by molar-refractivity contribution is -0.116. The fraction of sp³-hybridized carbons (Fsp3) is 0.353. The molecule has 1 heterocycles. The maximum Gasteiger partial charge on any atom is 0.226 e. The number of benzene rings is 1. The van der Waals surface area contributed by atoms with Crippen molar-refractivity contribution in [3.63, 3.8) is 0 Å². The van der Waals surface area contributed by atoms with E-state index in [0.29, 0.717) is 24.2 Å². The van der Waals surface area contributed by atoms with E-state index in [4.69, 9.17) is 0 Å². The van der Waals surface area contributed by atoms with E-state index in [1.54, 1.807) is 24.3 Å². The molecule has 0 unspecified atom stereocenters. The van der Waals surface area contributed by atoms with Crippen LogP contribution >= 0.6 is 0 Å². The van der Waals surface area contributed by atoms with Gasteiger partial charge in [-0.3, -0.25) is 14.3 Å². The number of hydrogen-bond acceptors (Lipinski definition) is 3. The van der Waals surface area contributed by atoms with Crippen molar-refractivity contribution in [3.05, 3.63) is 46.8 Å². The lowest BCUT2D eigenvalue weighted by Crippen LogP contribution is -2.15. The first kappa shape index (κ1) is 15.9. The summed E-state index contributed by atoms with van der Waals surface area (Å²) in [5, 5.41) is 7.25. The molecule has 1 amide bonds. The number of nitrogens with zero attached hydrogens (tertiary/aromatic N) is 2. The number of ketones is 1. The van der Waals surface area contributed by atoms with Crippen LogP contribution in [0.2, 0.25) is 0 Å². The van der Waals surface area contributed by atoms with Crippen LogP contribution in [-0.2, 0) is 11.3 Å². The molecule has 0 bridgehead atoms. The number of amides is 1. The van der Waals surface area contributed by atoms with E-state index in [1.165, 1.54) is 12.5 Å². The van der Waals surface area contributed by atoms with Gasteiger partial charge in [0, 0.05) is 29.9 Å². The molecule has 0 spiro atoms. The highest BCUT2D eigenvalue weighted by Crippen LogP contribution is 2.13. The molecule has 0 radical (unpaired) electrons. The number of anilines is 1. The molecule has 1 aromatic carbocycles. The molecular formula is C17H21N3O2. The number of carbonyl (C=O) groups is 2. The van der Waals surface area contributed by atoms with Crippen molar-refractivity contribution in [1.29, 1.82) is 0 Å². The summed E-state index contributed by atoms with van der Waals surface area (Å²) in [6, 6.07) is 6.90. The summed E-state index contributed by atoms with van der Waals surface area (Å²) in [7, 11) is 0. The summed E-state index contributed by atoms with van der Waals surface area (Å²) in [6.07, 6.45) is 0.357. The van der Waals surface area contributed by atoms with Gasteiger partial charge >= 0.3 is 0 Å². The largest absolute Gasteiger partial charge is 0.326 e. The summed E-state index contributed by atoms with van der Waals surface area (Å²) in [4.78, 5) is 23.2. The minimum atomic E-state index is -0.0687. The minimum absolute atomic E-state index is 0.0118. The molecule has 5 heteroatoms. The van der Waals surface area contributed by atoms with Crippen molar-refractivity contribution >= 4 is 17.4 Å². The molecule has 0 fully saturated rings. The SMILES string of the molecule is CC(=O)c1ccc(NC(=O)CCn2nc(C)c(C)c2C)cc1. The predicted octanol–water partition coefficient (Wildman–Crippen LogP) is 3.04. The van der Waals surface area contributed by atoms with Gasteiger partial charge in [-0.2, -0.15) is 5.10 Å². The van der Waals surface area contributed by atoms with E-state index in [-0.39, 0.29) is 11.7 Å². The summed E-state index contributed by atoms with van der Waals surface area (Å²) >= 11 is 0. The van der Waals surface area contributed by atoms with Gasteiger partial charge in [0.1, 0.15) is 0 Å². The topological polar surface area (TPSA) is 64.0 Å². The van der Waals surface area contributed by atoms with Gasteiger partial charge in [-0.1, -0.05) is 0 Å². The standard InChI is InChI=1S/C17H21N3O2/c1-11-12(2)19-20(13(11)3)10-9-17(22)18-16-7-5-15(6-8-16)14(4)21/h5-8H,9-10H2,1-4H3,(H,18,22). The number of rotatable bonds is 5. The molecule has 22 heavy (non-hydrogen) atoms. The van der Waals surface area contributed by atoms with Crippen molar-refractivity contribution in [2.24, 2.45) is 0 Å². The summed E-state index contributed by atoms with van der Waals surface area (Å²) in [5.41, 5.74) is 4.59. The smallest absolute Gasteiger partial charge is 0.226 e. The van der Waals surface area contributed by atoms with E-state index >= 15 is 0 Å². The Morgan fingerprint density at radius 2 is 1.77 bits per heavy atom. The predicted molar refractivity (Wildman–Crippen MR) is 86.1 cm³/mol. The van der Waals surface area contributed by atoms with E-state index in [0.717, 1.165) is 11.4 Å². The Morgan fingerprint density at radius 1 is 1.14 bits per heavy atom. The molecule has 0 aliphatic heterocycles. The summed E-state index contributed by atoms with van der Waals surface area (Å²) in [6.45, 7) is 8.08. The van der Waals surface area contributed by atoms with Crippen LogP contribution in [0.1, 0.15) is 40.7 Å². The Hall–Kier alpha value is -2.43. The zero-order valence-corrected chi connectivity index (χ0v) is 13.4. The highest BCUT2D eigenvalue weighted by Gasteiger charge is 2.09. The highest BCUT2D eigenvalue weighted by atomic mass is 16.1. The van der Waals surface area contributed by atoms with Crippen molar-refractivity contribution in [1.82, 2.24) is 9.78 Å². The third kappa shape index (κ3) is 3.61. The van der Waals surface area contributed by atoms with Gasteiger partial charge in [0.05, 0.1) is 5.69 Å². The van der Waals surface area contributed by atoms with Crippen LogP contribution in [0.25, 0.3) is 0 Å². The van der Waals surface area contributed by atoms with Crippen molar-refractivity contribution in [2.75, 3.05) is 5.32 Å². The van der Waals surface area contributed by atoms with Crippen LogP contribution in [0, 0.1) is 20.8 Å². The van der Waals surface area contributed by atoms with E-state index in [2.05, 4.69) is 10.4 Å². The van der Waals surface area contributed by atoms with E-state index < -0.39 is 0 Å². The first-order valence-corrected chi connectivity index (χ1v) is 7.30. The fourth-order valence-corrected chi connectivity index (χ4v) is 2.22. The van der Waals surface area contributed by atoms with Crippen LogP contribution in [-0.4, -0.2) is 21.5 Å². The molecule has 1 N–H and O–H groups in total. The highest BCUT2D eigenvalue weighted by molar-refractivity contribution is 5.95. The number of Topliss-reactive ketones (excluding diaryl/α,β-unsaturated/α-hetero) is 1. The average molecular weight is 299 g/mol. The Labute approximate surface area is 130 Å². The van der Waals surface area contributed by atoms with Gasteiger partial charge in [0.25, 0.3) is 0 Å². The quantitative estimate of drug-likeness (QED) is 0.863. The Bertz CT molecular complexity index is 699. The molecule has 0 saturated carbocycles. The molecule has 0 aliphatic rings. The van der Waals surface area contributed by atoms with E-state index in [9.17, 15) is 9.59 Å². The molecule has 2 aromatic rings. The third-order valence-corrected chi connectivity index (χ3v) is 3.87. The molecule has 0 saturated heterocycles. The van der Waals surface area contributed by atoms with Gasteiger partial charge in [0.2, 0.25) is 5.91 Å². The maximum atomic E-state index is 12.0. The lowest BCUT2D eigenvalue weighted by Gasteiger charge is -2.07. The Balaban J connectivity index is 1.92. The molecule has 0 aliphatic carbocycles. The van der Waals surface area contributed by atoms with Gasteiger partial charge in [-0.25, -0.2) is 0 Å². The summed E-state index contributed by atoms with van der Waals surface area (Å²) < 4.78 is 1.86. The molecule has 2 rings (SSSR count). The normalized spacial score (nSPS) is 10.5. The monoisotopic (exact) mass is 299 g/mol. The second kappa shape index (κ2) is 6.56. The van der Waals surface area contributed by atoms with Crippen LogP contribution < -0.4 is 5.32 Å². The van der Waals surface area contributed by atoms with Crippen LogP contribution in [0.3, 0.4) is 0 Å². The molecule has 116 valence electrons. The fourth-order valence-electron chi connectivity index (χ4n) is 2.22. The zero-order chi connectivity index (χ0) is 16.3. The molecular weight excluding hydrogens is 278 g/mol. The van der Waals surface area contributed by atoms with E-state index in [1.807, 2.05) is 25.5 Å². The number of aryl methyl sites for hydroxylation is 2. The van der Waals surface area contributed by atoms with Gasteiger partial charge in [-0.05, 0) is 57.5 Å². The lowest BCUT2D eigenvalue weighted by atomic mass is 10.1. The van der Waals surface area contributed by atoms with Crippen LogP contribution in [0.5, 0.6) is 0 Å². The van der Waals surface area contributed by atoms with Gasteiger partial charge in [-0.15, -0.1) is 0 Å². The molecule has 5 nitrogen and oxygen atoms in total. The minimum Gasteiger partial charge on any atom is -0.326 e. The second-order valence-corrected chi connectivity index (χ2v) is 5.45. The Kier molecular flexibility index (Phi) is 4.75. The number of nitrogens with one attached hydrogen (secondary N) is 1. The Morgan fingerprint density at radius 3 is 2.27 bits per heavy atom. The number of carbonyl (C=O) groups excluding carboxylic acids is 2. The van der Waals surface area contributed by atoms with Crippen molar-refractivity contribution in [3.8, 4) is 0 Å². The van der Waals surface area contributed by atoms with Crippen LogP contribution in [0.15, 0.2) is 24.3 Å². The zero-order valence-electron chi connectivity index (χ0n) is 13.4.